The molecule has 0 aliphatic heterocycles. The molecule has 1 aromatic heterocycles. The molecule has 0 bridgehead atoms. The minimum absolute atomic E-state index is 0.00788. The van der Waals surface area contributed by atoms with Crippen molar-refractivity contribution in [2.24, 2.45) is 0 Å². The average molecular weight is 227 g/mol. The number of aliphatic hydroxyl groups is 2. The van der Waals surface area contributed by atoms with Gasteiger partial charge in [-0.15, -0.1) is 0 Å². The lowest BCUT2D eigenvalue weighted by Crippen LogP contribution is -2.45. The summed E-state index contributed by atoms with van der Waals surface area (Å²) in [6.45, 7) is 2.76. The van der Waals surface area contributed by atoms with Crippen LogP contribution >= 0.6 is 0 Å². The highest BCUT2D eigenvalue weighted by atomic mass is 16.3. The van der Waals surface area contributed by atoms with Gasteiger partial charge in [0.05, 0.1) is 6.61 Å². The molecule has 1 heterocycles. The highest BCUT2D eigenvalue weighted by Gasteiger charge is 2.22. The fourth-order valence-electron chi connectivity index (χ4n) is 1.11. The van der Waals surface area contributed by atoms with E-state index in [2.05, 4.69) is 10.4 Å². The van der Waals surface area contributed by atoms with Gasteiger partial charge in [-0.25, -0.2) is 0 Å². The maximum atomic E-state index is 11.6. The second-order valence-electron chi connectivity index (χ2n) is 4.03. The lowest BCUT2D eigenvalue weighted by atomic mass is 10.1. The monoisotopic (exact) mass is 227 g/mol. The van der Waals surface area contributed by atoms with E-state index in [0.29, 0.717) is 0 Å². The second-order valence-corrected chi connectivity index (χ2v) is 4.03. The number of nitrogens with zero attached hydrogens (tertiary/aromatic N) is 2. The van der Waals surface area contributed by atoms with Crippen LogP contribution in [0.3, 0.4) is 0 Å². The summed E-state index contributed by atoms with van der Waals surface area (Å²) in [4.78, 5) is 11.6. The molecule has 2 atom stereocenters. The van der Waals surface area contributed by atoms with Gasteiger partial charge in [-0.05, 0) is 19.9 Å². The molecule has 0 fully saturated rings. The Morgan fingerprint density at radius 1 is 1.69 bits per heavy atom. The summed E-state index contributed by atoms with van der Waals surface area (Å²) >= 11 is 0. The van der Waals surface area contributed by atoms with Crippen LogP contribution in [0.15, 0.2) is 18.5 Å². The molecule has 1 amide bonds. The van der Waals surface area contributed by atoms with E-state index in [1.165, 1.54) is 11.6 Å². The maximum Gasteiger partial charge on any atom is 0.244 e. The first-order chi connectivity index (χ1) is 7.46. The van der Waals surface area contributed by atoms with Gasteiger partial charge in [0.15, 0.2) is 0 Å². The van der Waals surface area contributed by atoms with Crippen LogP contribution in [0.2, 0.25) is 0 Å². The molecule has 6 nitrogen and oxygen atoms in total. The molecule has 3 N–H and O–H groups in total. The van der Waals surface area contributed by atoms with Crippen LogP contribution in [0.5, 0.6) is 0 Å². The van der Waals surface area contributed by atoms with Crippen LogP contribution in [-0.4, -0.2) is 44.7 Å². The quantitative estimate of drug-likeness (QED) is 0.621. The third kappa shape index (κ3) is 3.32. The number of hydrogen-bond acceptors (Lipinski definition) is 4. The summed E-state index contributed by atoms with van der Waals surface area (Å²) in [6, 6.07) is 1.29. The molecule has 0 spiro atoms. The van der Waals surface area contributed by atoms with Gasteiger partial charge in [0.2, 0.25) is 5.91 Å². The Kier molecular flexibility index (Phi) is 4.03. The minimum Gasteiger partial charge on any atom is -0.393 e. The zero-order chi connectivity index (χ0) is 12.2. The van der Waals surface area contributed by atoms with Gasteiger partial charge in [0.25, 0.3) is 0 Å². The van der Waals surface area contributed by atoms with Crippen molar-refractivity contribution in [1.82, 2.24) is 15.1 Å². The Morgan fingerprint density at radius 3 is 2.88 bits per heavy atom. The number of aromatic nitrogens is 2. The highest BCUT2D eigenvalue weighted by molar-refractivity contribution is 5.79. The predicted octanol–water partition coefficient (Wildman–Crippen LogP) is -0.696. The van der Waals surface area contributed by atoms with E-state index < -0.39 is 18.2 Å². The second kappa shape index (κ2) is 5.09. The van der Waals surface area contributed by atoms with Crippen LogP contribution < -0.4 is 5.32 Å². The van der Waals surface area contributed by atoms with E-state index in [1.54, 1.807) is 25.4 Å². The number of carbonyl (C=O) groups is 1. The topological polar surface area (TPSA) is 87.4 Å². The van der Waals surface area contributed by atoms with Crippen molar-refractivity contribution in [3.8, 4) is 0 Å². The summed E-state index contributed by atoms with van der Waals surface area (Å²) in [7, 11) is 0. The van der Waals surface area contributed by atoms with E-state index in [-0.39, 0.29) is 12.5 Å². The largest absolute Gasteiger partial charge is 0.393 e. The van der Waals surface area contributed by atoms with Crippen molar-refractivity contribution in [3.05, 3.63) is 18.5 Å². The molecule has 0 aliphatic carbocycles. The first-order valence-electron chi connectivity index (χ1n) is 5.06. The van der Waals surface area contributed by atoms with Crippen molar-refractivity contribution in [3.63, 3.8) is 0 Å². The van der Waals surface area contributed by atoms with Crippen LogP contribution in [0.4, 0.5) is 0 Å². The number of carbonyl (C=O) groups excluding carboxylic acids is 1. The number of rotatable bonds is 5. The van der Waals surface area contributed by atoms with E-state index in [1.807, 2.05) is 0 Å². The van der Waals surface area contributed by atoms with E-state index in [9.17, 15) is 9.90 Å². The SMILES string of the molecule is CC(C(=O)NCC(C)(O)CO)n1cccn1. The van der Waals surface area contributed by atoms with Gasteiger partial charge in [0, 0.05) is 18.9 Å². The lowest BCUT2D eigenvalue weighted by molar-refractivity contribution is -0.125. The standard InChI is InChI=1S/C10H17N3O3/c1-8(13-5-3-4-12-13)9(15)11-6-10(2,16)7-14/h3-5,8,14,16H,6-7H2,1-2H3,(H,11,15). The Bertz CT molecular complexity index is 335. The summed E-state index contributed by atoms with van der Waals surface area (Å²) < 4.78 is 1.52. The van der Waals surface area contributed by atoms with Gasteiger partial charge in [-0.3, -0.25) is 9.48 Å². The average Bonchev–Trinajstić information content (AvgIpc) is 2.78. The molecule has 0 saturated carbocycles. The van der Waals surface area contributed by atoms with E-state index >= 15 is 0 Å². The zero-order valence-corrected chi connectivity index (χ0v) is 9.42. The number of aliphatic hydroxyl groups excluding tert-OH is 1. The first kappa shape index (κ1) is 12.7. The molecule has 90 valence electrons. The van der Waals surface area contributed by atoms with E-state index in [0.717, 1.165) is 0 Å². The third-order valence-corrected chi connectivity index (χ3v) is 2.29. The smallest absolute Gasteiger partial charge is 0.244 e. The van der Waals surface area contributed by atoms with Gasteiger partial charge in [-0.2, -0.15) is 5.10 Å². The fourth-order valence-corrected chi connectivity index (χ4v) is 1.11. The van der Waals surface area contributed by atoms with Crippen molar-refractivity contribution in [2.75, 3.05) is 13.2 Å². The number of amides is 1. The third-order valence-electron chi connectivity index (χ3n) is 2.29. The predicted molar refractivity (Wildman–Crippen MR) is 57.7 cm³/mol. The van der Waals surface area contributed by atoms with Crippen molar-refractivity contribution < 1.29 is 15.0 Å². The molecule has 1 aromatic rings. The van der Waals surface area contributed by atoms with Crippen LogP contribution in [-0.2, 0) is 4.79 Å². The first-order valence-corrected chi connectivity index (χ1v) is 5.06. The maximum absolute atomic E-state index is 11.6. The van der Waals surface area contributed by atoms with Crippen molar-refractivity contribution in [2.45, 2.75) is 25.5 Å². The molecule has 6 heteroatoms. The van der Waals surface area contributed by atoms with Crippen molar-refractivity contribution >= 4 is 5.91 Å². The Hall–Kier alpha value is -1.40. The van der Waals surface area contributed by atoms with Crippen LogP contribution in [0.25, 0.3) is 0 Å². The normalized spacial score (nSPS) is 16.5. The molecule has 0 radical (unpaired) electrons. The summed E-state index contributed by atoms with van der Waals surface area (Å²) in [5.41, 5.74) is -1.29. The molecule has 2 unspecified atom stereocenters. The number of hydrogen-bond donors (Lipinski definition) is 3. The molecule has 0 aromatic carbocycles. The molecule has 0 aliphatic rings. The van der Waals surface area contributed by atoms with Gasteiger partial charge in [-0.1, -0.05) is 0 Å². The lowest BCUT2D eigenvalue weighted by Gasteiger charge is -2.22. The van der Waals surface area contributed by atoms with Crippen molar-refractivity contribution in [1.29, 1.82) is 0 Å². The Labute approximate surface area is 93.9 Å². The molecule has 16 heavy (non-hydrogen) atoms. The van der Waals surface area contributed by atoms with Gasteiger partial charge >= 0.3 is 0 Å². The Balaban J connectivity index is 2.47. The van der Waals surface area contributed by atoms with Crippen LogP contribution in [0.1, 0.15) is 19.9 Å². The molecule has 0 saturated heterocycles. The zero-order valence-electron chi connectivity index (χ0n) is 9.42. The number of nitrogens with one attached hydrogen (secondary N) is 1. The van der Waals surface area contributed by atoms with Gasteiger partial charge < -0.3 is 15.5 Å². The summed E-state index contributed by atoms with van der Waals surface area (Å²) in [5, 5.41) is 24.8. The van der Waals surface area contributed by atoms with E-state index in [4.69, 9.17) is 5.11 Å². The molecular formula is C10H17N3O3. The van der Waals surface area contributed by atoms with Gasteiger partial charge in [0.1, 0.15) is 11.6 Å². The van der Waals surface area contributed by atoms with Crippen LogP contribution in [0, 0.1) is 0 Å². The molecule has 1 rings (SSSR count). The fraction of sp³-hybridized carbons (Fsp3) is 0.600. The minimum atomic E-state index is -1.29. The Morgan fingerprint density at radius 2 is 2.38 bits per heavy atom. The molecular weight excluding hydrogens is 210 g/mol. The summed E-state index contributed by atoms with van der Waals surface area (Å²) in [5.74, 6) is -0.252. The summed E-state index contributed by atoms with van der Waals surface area (Å²) in [6.07, 6.45) is 3.28. The highest BCUT2D eigenvalue weighted by Crippen LogP contribution is 2.04.